The lowest BCUT2D eigenvalue weighted by Crippen LogP contribution is -2.14. The van der Waals surface area contributed by atoms with Gasteiger partial charge in [-0.3, -0.25) is 0 Å². The fraction of sp³-hybridized carbons (Fsp3) is 0.250. The summed E-state index contributed by atoms with van der Waals surface area (Å²) in [5, 5.41) is 7.13. The van der Waals surface area contributed by atoms with Crippen molar-refractivity contribution in [1.82, 2.24) is 29.7 Å². The van der Waals surface area contributed by atoms with E-state index in [9.17, 15) is 0 Å². The number of anilines is 2. The minimum absolute atomic E-state index is 0.105. The summed E-state index contributed by atoms with van der Waals surface area (Å²) >= 11 is 0. The van der Waals surface area contributed by atoms with Crippen LogP contribution in [-0.2, 0) is 0 Å². The van der Waals surface area contributed by atoms with Crippen molar-refractivity contribution in [3.05, 3.63) is 36.3 Å². The van der Waals surface area contributed by atoms with Gasteiger partial charge in [-0.1, -0.05) is 0 Å². The van der Waals surface area contributed by atoms with Gasteiger partial charge in [0.05, 0.1) is 6.20 Å². The third kappa shape index (κ3) is 2.81. The van der Waals surface area contributed by atoms with Crippen molar-refractivity contribution in [2.24, 2.45) is 0 Å². The summed E-state index contributed by atoms with van der Waals surface area (Å²) in [4.78, 5) is 16.5. The van der Waals surface area contributed by atoms with E-state index in [0.29, 0.717) is 17.8 Å². The van der Waals surface area contributed by atoms with Gasteiger partial charge in [-0.05, 0) is 19.9 Å². The molecule has 0 amide bonds. The molecule has 9 heteroatoms. The van der Waals surface area contributed by atoms with Crippen LogP contribution in [-0.4, -0.2) is 29.7 Å². The fourth-order valence-corrected chi connectivity index (χ4v) is 1.76. The zero-order valence-electron chi connectivity index (χ0n) is 11.6. The minimum atomic E-state index is -0.203. The fourth-order valence-electron chi connectivity index (χ4n) is 1.76. The Hall–Kier alpha value is -2.97. The van der Waals surface area contributed by atoms with Gasteiger partial charge in [0.15, 0.2) is 0 Å². The summed E-state index contributed by atoms with van der Waals surface area (Å²) in [6.45, 7) is 3.72. The highest BCUT2D eigenvalue weighted by atomic mass is 16.4. The highest BCUT2D eigenvalue weighted by Gasteiger charge is 2.14. The summed E-state index contributed by atoms with van der Waals surface area (Å²) in [6, 6.07) is 1.57. The Labute approximate surface area is 120 Å². The molecule has 21 heavy (non-hydrogen) atoms. The van der Waals surface area contributed by atoms with Crippen LogP contribution < -0.4 is 11.1 Å². The lowest BCUT2D eigenvalue weighted by atomic mass is 10.3. The standard InChI is InChI=1S/C12H14N8O/c1-7-6-14-9(21-7)8(2)16-11-17-10(13)18-12(19-11)20-5-3-4-15-20/h3-6,8H,1-2H3,(H3,13,16,17,18,19). The van der Waals surface area contributed by atoms with Crippen molar-refractivity contribution < 1.29 is 4.42 Å². The summed E-state index contributed by atoms with van der Waals surface area (Å²) in [7, 11) is 0. The van der Waals surface area contributed by atoms with E-state index in [1.54, 1.807) is 24.7 Å². The molecule has 9 nitrogen and oxygen atoms in total. The third-order valence-electron chi connectivity index (χ3n) is 2.71. The van der Waals surface area contributed by atoms with E-state index in [-0.39, 0.29) is 12.0 Å². The number of nitrogens with zero attached hydrogens (tertiary/aromatic N) is 6. The van der Waals surface area contributed by atoms with E-state index in [1.807, 2.05) is 13.8 Å². The van der Waals surface area contributed by atoms with E-state index in [2.05, 4.69) is 30.4 Å². The van der Waals surface area contributed by atoms with E-state index in [0.717, 1.165) is 5.76 Å². The van der Waals surface area contributed by atoms with E-state index in [4.69, 9.17) is 10.2 Å². The molecule has 0 radical (unpaired) electrons. The van der Waals surface area contributed by atoms with Gasteiger partial charge in [-0.2, -0.15) is 20.1 Å². The number of hydrogen-bond donors (Lipinski definition) is 2. The lowest BCUT2D eigenvalue weighted by Gasteiger charge is -2.11. The van der Waals surface area contributed by atoms with Crippen LogP contribution in [0.4, 0.5) is 11.9 Å². The summed E-state index contributed by atoms with van der Waals surface area (Å²) in [5.41, 5.74) is 5.70. The topological polar surface area (TPSA) is 121 Å². The van der Waals surface area contributed by atoms with Gasteiger partial charge < -0.3 is 15.5 Å². The Kier molecular flexibility index (Phi) is 3.22. The zero-order chi connectivity index (χ0) is 14.8. The monoisotopic (exact) mass is 286 g/mol. The molecular weight excluding hydrogens is 272 g/mol. The van der Waals surface area contributed by atoms with Gasteiger partial charge in [-0.15, -0.1) is 0 Å². The van der Waals surface area contributed by atoms with Gasteiger partial charge in [-0.25, -0.2) is 9.67 Å². The molecule has 0 aliphatic heterocycles. The molecule has 3 aromatic heterocycles. The predicted octanol–water partition coefficient (Wildman–Crippen LogP) is 1.11. The normalized spacial score (nSPS) is 12.3. The maximum absolute atomic E-state index is 5.70. The Bertz CT molecular complexity index is 736. The second kappa shape index (κ2) is 5.19. The highest BCUT2D eigenvalue weighted by molar-refractivity contribution is 5.36. The third-order valence-corrected chi connectivity index (χ3v) is 2.71. The number of oxazole rings is 1. The summed E-state index contributed by atoms with van der Waals surface area (Å²) in [5.74, 6) is 2.06. The van der Waals surface area contributed by atoms with Crippen LogP contribution in [0.3, 0.4) is 0 Å². The SMILES string of the molecule is Cc1cnc(C(C)Nc2nc(N)nc(-n3cccn3)n2)o1. The molecule has 0 bridgehead atoms. The molecule has 0 saturated carbocycles. The van der Waals surface area contributed by atoms with Crippen LogP contribution in [0.25, 0.3) is 5.95 Å². The Balaban J connectivity index is 1.85. The Morgan fingerprint density at radius 3 is 2.86 bits per heavy atom. The maximum atomic E-state index is 5.70. The van der Waals surface area contributed by atoms with E-state index < -0.39 is 0 Å². The smallest absolute Gasteiger partial charge is 0.257 e. The first-order chi connectivity index (χ1) is 10.1. The predicted molar refractivity (Wildman–Crippen MR) is 74.6 cm³/mol. The second-order valence-corrected chi connectivity index (χ2v) is 4.44. The number of aromatic nitrogens is 6. The number of nitrogen functional groups attached to an aromatic ring is 1. The van der Waals surface area contributed by atoms with Crippen molar-refractivity contribution in [3.8, 4) is 5.95 Å². The number of aryl methyl sites for hydroxylation is 1. The van der Waals surface area contributed by atoms with Gasteiger partial charge in [0.1, 0.15) is 11.8 Å². The average Bonchev–Trinajstić information content (AvgIpc) is 3.08. The highest BCUT2D eigenvalue weighted by Crippen LogP contribution is 2.17. The number of rotatable bonds is 4. The molecule has 3 rings (SSSR count). The van der Waals surface area contributed by atoms with Crippen molar-refractivity contribution in [2.45, 2.75) is 19.9 Å². The lowest BCUT2D eigenvalue weighted by molar-refractivity contribution is 0.453. The van der Waals surface area contributed by atoms with Crippen LogP contribution in [0.1, 0.15) is 24.6 Å². The Morgan fingerprint density at radius 1 is 1.33 bits per heavy atom. The van der Waals surface area contributed by atoms with Gasteiger partial charge in [0.2, 0.25) is 17.8 Å². The van der Waals surface area contributed by atoms with Crippen LogP contribution >= 0.6 is 0 Å². The van der Waals surface area contributed by atoms with Gasteiger partial charge in [0, 0.05) is 12.4 Å². The Morgan fingerprint density at radius 2 is 2.19 bits per heavy atom. The zero-order valence-corrected chi connectivity index (χ0v) is 11.6. The van der Waals surface area contributed by atoms with Crippen LogP contribution in [0.5, 0.6) is 0 Å². The van der Waals surface area contributed by atoms with Crippen LogP contribution in [0.2, 0.25) is 0 Å². The second-order valence-electron chi connectivity index (χ2n) is 4.44. The minimum Gasteiger partial charge on any atom is -0.444 e. The molecule has 0 aromatic carbocycles. The van der Waals surface area contributed by atoms with Crippen molar-refractivity contribution in [2.75, 3.05) is 11.1 Å². The van der Waals surface area contributed by atoms with Gasteiger partial charge >= 0.3 is 0 Å². The molecule has 0 spiro atoms. The number of hydrogen-bond acceptors (Lipinski definition) is 8. The number of nitrogens with one attached hydrogen (secondary N) is 1. The molecule has 1 unspecified atom stereocenters. The molecule has 3 N–H and O–H groups in total. The maximum Gasteiger partial charge on any atom is 0.257 e. The molecular formula is C12H14N8O. The van der Waals surface area contributed by atoms with E-state index >= 15 is 0 Å². The van der Waals surface area contributed by atoms with Gasteiger partial charge in [0.25, 0.3) is 5.95 Å². The molecule has 108 valence electrons. The average molecular weight is 286 g/mol. The molecule has 3 aromatic rings. The quantitative estimate of drug-likeness (QED) is 0.731. The first kappa shape index (κ1) is 13.0. The van der Waals surface area contributed by atoms with Crippen molar-refractivity contribution in [1.29, 1.82) is 0 Å². The van der Waals surface area contributed by atoms with Crippen LogP contribution in [0, 0.1) is 6.92 Å². The van der Waals surface area contributed by atoms with Crippen LogP contribution in [0.15, 0.2) is 29.1 Å². The van der Waals surface area contributed by atoms with E-state index in [1.165, 1.54) is 4.68 Å². The largest absolute Gasteiger partial charge is 0.444 e. The first-order valence-corrected chi connectivity index (χ1v) is 6.32. The number of nitrogens with two attached hydrogens (primary N) is 1. The molecule has 0 saturated heterocycles. The molecule has 1 atom stereocenters. The summed E-state index contributed by atoms with van der Waals surface area (Å²) in [6.07, 6.45) is 5.01. The summed E-state index contributed by atoms with van der Waals surface area (Å²) < 4.78 is 6.96. The molecule has 0 fully saturated rings. The molecule has 0 aliphatic carbocycles. The molecule has 3 heterocycles. The van der Waals surface area contributed by atoms with Crippen molar-refractivity contribution in [3.63, 3.8) is 0 Å². The molecule has 0 aliphatic rings. The first-order valence-electron chi connectivity index (χ1n) is 6.32. The van der Waals surface area contributed by atoms with Crippen molar-refractivity contribution >= 4 is 11.9 Å².